The zero-order chi connectivity index (χ0) is 10.7. The molecule has 2 heterocycles. The number of rotatable bonds is 2. The minimum atomic E-state index is 0.366. The van der Waals surface area contributed by atoms with Crippen LogP contribution in [-0.4, -0.2) is 30.7 Å². The molecule has 1 saturated heterocycles. The lowest BCUT2D eigenvalue weighted by Gasteiger charge is -2.21. The van der Waals surface area contributed by atoms with Crippen LogP contribution in [-0.2, 0) is 11.3 Å². The van der Waals surface area contributed by atoms with Gasteiger partial charge in [-0.15, -0.1) is 11.3 Å². The van der Waals surface area contributed by atoms with E-state index in [1.165, 1.54) is 9.35 Å². The fourth-order valence-corrected chi connectivity index (χ4v) is 3.11. The molecule has 1 aliphatic heterocycles. The number of halogens is 1. The Hall–Kier alpha value is 0.1000. The minimum Gasteiger partial charge on any atom is -0.377 e. The number of thiophene rings is 1. The molecule has 2 rings (SSSR count). The molecule has 0 N–H and O–H groups in total. The molecule has 1 atom stereocenters. The van der Waals surface area contributed by atoms with Crippen LogP contribution >= 0.6 is 27.3 Å². The van der Waals surface area contributed by atoms with Gasteiger partial charge in [0.2, 0.25) is 0 Å². The van der Waals surface area contributed by atoms with Crippen molar-refractivity contribution < 1.29 is 4.74 Å². The largest absolute Gasteiger partial charge is 0.377 e. The van der Waals surface area contributed by atoms with E-state index in [4.69, 9.17) is 4.74 Å². The third kappa shape index (κ3) is 3.28. The Balaban J connectivity index is 1.96. The van der Waals surface area contributed by atoms with Gasteiger partial charge in [-0.1, -0.05) is 0 Å². The monoisotopic (exact) mass is 289 g/mol. The average molecular weight is 290 g/mol. The van der Waals surface area contributed by atoms with Crippen molar-refractivity contribution in [2.45, 2.75) is 26.0 Å². The number of nitrogens with zero attached hydrogens (tertiary/aromatic N) is 1. The molecular weight excluding hydrogens is 274 g/mol. The second-order valence-electron chi connectivity index (χ2n) is 3.99. The predicted molar refractivity (Wildman–Crippen MR) is 67.3 cm³/mol. The maximum atomic E-state index is 5.63. The Morgan fingerprint density at radius 2 is 2.53 bits per heavy atom. The van der Waals surface area contributed by atoms with Crippen LogP contribution in [0.25, 0.3) is 0 Å². The van der Waals surface area contributed by atoms with E-state index in [0.717, 1.165) is 32.7 Å². The van der Waals surface area contributed by atoms with Gasteiger partial charge >= 0.3 is 0 Å². The molecule has 2 nitrogen and oxygen atoms in total. The van der Waals surface area contributed by atoms with Crippen LogP contribution < -0.4 is 0 Å². The van der Waals surface area contributed by atoms with E-state index in [9.17, 15) is 0 Å². The Morgan fingerprint density at radius 1 is 1.67 bits per heavy atom. The summed E-state index contributed by atoms with van der Waals surface area (Å²) in [5.74, 6) is 0. The minimum absolute atomic E-state index is 0.366. The van der Waals surface area contributed by atoms with Gasteiger partial charge in [0, 0.05) is 26.2 Å². The van der Waals surface area contributed by atoms with E-state index in [-0.39, 0.29) is 0 Å². The van der Waals surface area contributed by atoms with Gasteiger partial charge < -0.3 is 4.74 Å². The number of hydrogen-bond acceptors (Lipinski definition) is 3. The summed E-state index contributed by atoms with van der Waals surface area (Å²) in [5.41, 5.74) is 1.40. The van der Waals surface area contributed by atoms with Crippen LogP contribution in [0, 0.1) is 0 Å². The summed E-state index contributed by atoms with van der Waals surface area (Å²) >= 11 is 5.35. The van der Waals surface area contributed by atoms with Crippen molar-refractivity contribution in [1.29, 1.82) is 0 Å². The van der Waals surface area contributed by atoms with Gasteiger partial charge in [0.15, 0.2) is 0 Å². The smallest absolute Gasteiger partial charge is 0.0743 e. The highest BCUT2D eigenvalue weighted by Gasteiger charge is 2.16. The summed E-state index contributed by atoms with van der Waals surface area (Å²) in [6.07, 6.45) is 1.51. The van der Waals surface area contributed by atoms with Crippen LogP contribution in [0.2, 0.25) is 0 Å². The molecule has 1 aromatic heterocycles. The lowest BCUT2D eigenvalue weighted by molar-refractivity contribution is 0.0668. The second-order valence-corrected chi connectivity index (χ2v) is 6.22. The fourth-order valence-electron chi connectivity index (χ4n) is 1.90. The van der Waals surface area contributed by atoms with Crippen LogP contribution in [0.1, 0.15) is 18.9 Å². The van der Waals surface area contributed by atoms with E-state index in [2.05, 4.69) is 39.2 Å². The molecule has 0 bridgehead atoms. The normalized spacial score (nSPS) is 24.0. The topological polar surface area (TPSA) is 12.5 Å². The first kappa shape index (κ1) is 11.6. The molecule has 4 heteroatoms. The van der Waals surface area contributed by atoms with Crippen LogP contribution in [0.15, 0.2) is 15.2 Å². The molecule has 1 fully saturated rings. The average Bonchev–Trinajstić information content (AvgIpc) is 2.48. The van der Waals surface area contributed by atoms with Crippen LogP contribution in [0.5, 0.6) is 0 Å². The highest BCUT2D eigenvalue weighted by molar-refractivity contribution is 9.11. The molecule has 1 aromatic rings. The Bertz CT molecular complexity index is 315. The Kier molecular flexibility index (Phi) is 4.20. The first-order valence-electron chi connectivity index (χ1n) is 5.31. The van der Waals surface area contributed by atoms with Crippen molar-refractivity contribution >= 4 is 27.3 Å². The Labute approximate surface area is 103 Å². The van der Waals surface area contributed by atoms with Crippen molar-refractivity contribution in [3.63, 3.8) is 0 Å². The van der Waals surface area contributed by atoms with Crippen LogP contribution in [0.4, 0.5) is 0 Å². The summed E-state index contributed by atoms with van der Waals surface area (Å²) in [6, 6.07) is 2.20. The van der Waals surface area contributed by atoms with Gasteiger partial charge in [-0.2, -0.15) is 0 Å². The first-order valence-corrected chi connectivity index (χ1v) is 6.99. The molecule has 0 radical (unpaired) electrons. The summed E-state index contributed by atoms with van der Waals surface area (Å²) < 4.78 is 6.90. The zero-order valence-electron chi connectivity index (χ0n) is 8.91. The van der Waals surface area contributed by atoms with Gasteiger partial charge in [0.25, 0.3) is 0 Å². The van der Waals surface area contributed by atoms with E-state index >= 15 is 0 Å². The first-order chi connectivity index (χ1) is 7.25. The van der Waals surface area contributed by atoms with Gasteiger partial charge in [-0.3, -0.25) is 4.90 Å². The molecular formula is C11H16BrNOS. The third-order valence-electron chi connectivity index (χ3n) is 2.62. The standard InChI is InChI=1S/C11H16BrNOS/c1-9-7-13(4-2-5-14-9)8-10-3-6-15-11(10)12/h3,6,9H,2,4-5,7-8H2,1H3. The van der Waals surface area contributed by atoms with Crippen molar-refractivity contribution in [2.75, 3.05) is 19.7 Å². The van der Waals surface area contributed by atoms with Crippen molar-refractivity contribution in [3.05, 3.63) is 20.8 Å². The summed E-state index contributed by atoms with van der Waals surface area (Å²) in [4.78, 5) is 2.48. The quantitative estimate of drug-likeness (QED) is 0.830. The molecule has 1 unspecified atom stereocenters. The molecule has 0 aliphatic carbocycles. The van der Waals surface area contributed by atoms with Crippen LogP contribution in [0.3, 0.4) is 0 Å². The molecule has 0 saturated carbocycles. The molecule has 0 spiro atoms. The SMILES string of the molecule is CC1CN(Cc2ccsc2Br)CCCO1. The van der Waals surface area contributed by atoms with Gasteiger partial charge in [-0.05, 0) is 46.3 Å². The summed E-state index contributed by atoms with van der Waals surface area (Å²) in [5, 5.41) is 2.14. The van der Waals surface area contributed by atoms with Gasteiger partial charge in [-0.25, -0.2) is 0 Å². The molecule has 0 aromatic carbocycles. The van der Waals surface area contributed by atoms with Crippen molar-refractivity contribution in [3.8, 4) is 0 Å². The lowest BCUT2D eigenvalue weighted by atomic mass is 10.3. The molecule has 15 heavy (non-hydrogen) atoms. The maximum Gasteiger partial charge on any atom is 0.0743 e. The Morgan fingerprint density at radius 3 is 3.27 bits per heavy atom. The highest BCUT2D eigenvalue weighted by Crippen LogP contribution is 2.25. The van der Waals surface area contributed by atoms with Crippen molar-refractivity contribution in [1.82, 2.24) is 4.90 Å². The highest BCUT2D eigenvalue weighted by atomic mass is 79.9. The van der Waals surface area contributed by atoms with Crippen molar-refractivity contribution in [2.24, 2.45) is 0 Å². The fraction of sp³-hybridized carbons (Fsp3) is 0.636. The lowest BCUT2D eigenvalue weighted by Crippen LogP contribution is -2.29. The van der Waals surface area contributed by atoms with E-state index in [0.29, 0.717) is 6.10 Å². The van der Waals surface area contributed by atoms with Gasteiger partial charge in [0.05, 0.1) is 9.89 Å². The number of ether oxygens (including phenoxy) is 1. The van der Waals surface area contributed by atoms with Gasteiger partial charge in [0.1, 0.15) is 0 Å². The molecule has 1 aliphatic rings. The maximum absolute atomic E-state index is 5.63. The van der Waals surface area contributed by atoms with E-state index < -0.39 is 0 Å². The number of hydrogen-bond donors (Lipinski definition) is 0. The predicted octanol–water partition coefficient (Wildman–Crippen LogP) is 3.12. The van der Waals surface area contributed by atoms with E-state index in [1.807, 2.05) is 0 Å². The molecule has 84 valence electrons. The summed E-state index contributed by atoms with van der Waals surface area (Å²) in [6.45, 7) is 6.29. The van der Waals surface area contributed by atoms with E-state index in [1.54, 1.807) is 11.3 Å². The zero-order valence-corrected chi connectivity index (χ0v) is 11.3. The second kappa shape index (κ2) is 5.43. The summed E-state index contributed by atoms with van der Waals surface area (Å²) in [7, 11) is 0. The molecule has 0 amide bonds. The third-order valence-corrected chi connectivity index (χ3v) is 4.43.